The van der Waals surface area contributed by atoms with E-state index in [1.807, 2.05) is 6.07 Å². The van der Waals surface area contributed by atoms with Gasteiger partial charge in [0.15, 0.2) is 0 Å². The van der Waals surface area contributed by atoms with Crippen LogP contribution in [-0.4, -0.2) is 29.1 Å². The first-order valence-corrected chi connectivity index (χ1v) is 4.38. The van der Waals surface area contributed by atoms with Crippen LogP contribution in [-0.2, 0) is 4.79 Å². The van der Waals surface area contributed by atoms with E-state index < -0.39 is 11.7 Å². The molecule has 1 heterocycles. The second kappa shape index (κ2) is 3.33. The Kier molecular flexibility index (Phi) is 2.55. The number of alkyl halides is 1. The Morgan fingerprint density at radius 3 is 2.92 bits per heavy atom. The molecule has 2 atom stereocenters. The maximum atomic E-state index is 13.4. The molecule has 13 heavy (non-hydrogen) atoms. The summed E-state index contributed by atoms with van der Waals surface area (Å²) in [6.07, 6.45) is 0.462. The highest BCUT2D eigenvalue weighted by atomic mass is 19.1. The first-order chi connectivity index (χ1) is 6.00. The van der Waals surface area contributed by atoms with Gasteiger partial charge in [0.25, 0.3) is 0 Å². The van der Waals surface area contributed by atoms with Crippen LogP contribution in [0.3, 0.4) is 0 Å². The lowest BCUT2D eigenvalue weighted by molar-refractivity contribution is -0.131. The van der Waals surface area contributed by atoms with Crippen molar-refractivity contribution >= 4 is 5.91 Å². The maximum Gasteiger partial charge on any atom is 0.223 e. The normalized spacial score (nSPS) is 33.1. The number of hydrogen-bond acceptors (Lipinski definition) is 2. The Morgan fingerprint density at radius 2 is 2.46 bits per heavy atom. The molecule has 0 aromatic carbocycles. The molecule has 0 aromatic heterocycles. The van der Waals surface area contributed by atoms with Crippen molar-refractivity contribution in [3.63, 3.8) is 0 Å². The summed E-state index contributed by atoms with van der Waals surface area (Å²) in [5, 5.41) is 8.70. The van der Waals surface area contributed by atoms with Crippen LogP contribution in [0.25, 0.3) is 0 Å². The average molecular weight is 184 g/mol. The van der Waals surface area contributed by atoms with Crippen molar-refractivity contribution in [2.45, 2.75) is 38.4 Å². The fraction of sp³-hybridized carbons (Fsp3) is 0.778. The molecule has 1 fully saturated rings. The van der Waals surface area contributed by atoms with Gasteiger partial charge in [-0.2, -0.15) is 5.26 Å². The van der Waals surface area contributed by atoms with Gasteiger partial charge < -0.3 is 4.90 Å². The Hall–Kier alpha value is -1.11. The lowest BCUT2D eigenvalue weighted by Gasteiger charge is -2.18. The van der Waals surface area contributed by atoms with Crippen molar-refractivity contribution < 1.29 is 9.18 Å². The van der Waals surface area contributed by atoms with Crippen LogP contribution in [0.15, 0.2) is 0 Å². The summed E-state index contributed by atoms with van der Waals surface area (Å²) in [6.45, 7) is 3.20. The summed E-state index contributed by atoms with van der Waals surface area (Å²) >= 11 is 0. The van der Waals surface area contributed by atoms with E-state index in [4.69, 9.17) is 5.26 Å². The molecule has 1 amide bonds. The molecular formula is C9H13FN2O. The molecule has 1 aliphatic heterocycles. The van der Waals surface area contributed by atoms with E-state index in [0.717, 1.165) is 0 Å². The average Bonchev–Trinajstić information content (AvgIpc) is 2.39. The summed E-state index contributed by atoms with van der Waals surface area (Å²) in [6, 6.07) is 1.37. The van der Waals surface area contributed by atoms with Gasteiger partial charge in [-0.1, -0.05) is 6.92 Å². The number of halogens is 1. The van der Waals surface area contributed by atoms with Crippen molar-refractivity contribution in [2.24, 2.45) is 0 Å². The molecule has 1 saturated heterocycles. The largest absolute Gasteiger partial charge is 0.323 e. The van der Waals surface area contributed by atoms with Gasteiger partial charge in [0.1, 0.15) is 11.7 Å². The fourth-order valence-electron chi connectivity index (χ4n) is 1.62. The SMILES string of the molecule is CCC(=O)N1C[C@@](C)(F)CC1C#N. The van der Waals surface area contributed by atoms with E-state index in [2.05, 4.69) is 0 Å². The zero-order chi connectivity index (χ0) is 10.1. The van der Waals surface area contributed by atoms with Crippen LogP contribution >= 0.6 is 0 Å². The predicted octanol–water partition coefficient (Wildman–Crippen LogP) is 1.25. The zero-order valence-corrected chi connectivity index (χ0v) is 7.88. The smallest absolute Gasteiger partial charge is 0.223 e. The quantitative estimate of drug-likeness (QED) is 0.615. The summed E-state index contributed by atoms with van der Waals surface area (Å²) in [4.78, 5) is 12.6. The second-order valence-electron chi connectivity index (χ2n) is 3.64. The summed E-state index contributed by atoms with van der Waals surface area (Å²) in [5.74, 6) is -0.145. The van der Waals surface area contributed by atoms with Gasteiger partial charge in [-0.3, -0.25) is 4.79 Å². The monoisotopic (exact) mass is 184 g/mol. The standard InChI is InChI=1S/C9H13FN2O/c1-3-8(13)12-6-9(2,10)4-7(12)5-11/h7H,3-4,6H2,1-2H3/t7?,9-/m0/s1. The van der Waals surface area contributed by atoms with Gasteiger partial charge in [-0.15, -0.1) is 0 Å². The number of nitriles is 1. The lowest BCUT2D eigenvalue weighted by Crippen LogP contribution is -2.35. The number of amides is 1. The van der Waals surface area contributed by atoms with E-state index in [1.54, 1.807) is 6.92 Å². The molecule has 1 rings (SSSR count). The molecule has 4 heteroatoms. The van der Waals surface area contributed by atoms with Crippen LogP contribution in [0.2, 0.25) is 0 Å². The summed E-state index contributed by atoms with van der Waals surface area (Å²) in [5.41, 5.74) is -1.40. The third-order valence-electron chi connectivity index (χ3n) is 2.27. The Bertz CT molecular complexity index is 257. The molecule has 72 valence electrons. The van der Waals surface area contributed by atoms with Gasteiger partial charge in [-0.05, 0) is 6.92 Å². The highest BCUT2D eigenvalue weighted by molar-refractivity contribution is 5.77. The van der Waals surface area contributed by atoms with E-state index in [0.29, 0.717) is 6.42 Å². The predicted molar refractivity (Wildman–Crippen MR) is 45.5 cm³/mol. The molecule has 0 saturated carbocycles. The van der Waals surface area contributed by atoms with E-state index in [9.17, 15) is 9.18 Å². The second-order valence-corrected chi connectivity index (χ2v) is 3.64. The van der Waals surface area contributed by atoms with Gasteiger partial charge in [0.2, 0.25) is 5.91 Å². The van der Waals surface area contributed by atoms with E-state index in [-0.39, 0.29) is 18.9 Å². The molecule has 1 aliphatic rings. The molecular weight excluding hydrogens is 171 g/mol. The van der Waals surface area contributed by atoms with Crippen LogP contribution < -0.4 is 0 Å². The first kappa shape index (κ1) is 9.97. The number of carbonyl (C=O) groups is 1. The number of rotatable bonds is 1. The zero-order valence-electron chi connectivity index (χ0n) is 7.88. The minimum absolute atomic E-state index is 0.0535. The maximum absolute atomic E-state index is 13.4. The van der Waals surface area contributed by atoms with Gasteiger partial charge in [0.05, 0.1) is 12.6 Å². The minimum atomic E-state index is -1.40. The molecule has 3 nitrogen and oxygen atoms in total. The van der Waals surface area contributed by atoms with E-state index >= 15 is 0 Å². The minimum Gasteiger partial charge on any atom is -0.323 e. The van der Waals surface area contributed by atoms with Crippen molar-refractivity contribution in [3.05, 3.63) is 0 Å². The van der Waals surface area contributed by atoms with Gasteiger partial charge in [0, 0.05) is 12.8 Å². The number of likely N-dealkylation sites (tertiary alicyclic amines) is 1. The third kappa shape index (κ3) is 1.97. The highest BCUT2D eigenvalue weighted by Crippen LogP contribution is 2.30. The Labute approximate surface area is 77.1 Å². The molecule has 0 aromatic rings. The summed E-state index contributed by atoms with van der Waals surface area (Å²) in [7, 11) is 0. The molecule has 0 N–H and O–H groups in total. The van der Waals surface area contributed by atoms with Crippen molar-refractivity contribution in [3.8, 4) is 6.07 Å². The first-order valence-electron chi connectivity index (χ1n) is 4.38. The topological polar surface area (TPSA) is 44.1 Å². The third-order valence-corrected chi connectivity index (χ3v) is 2.27. The van der Waals surface area contributed by atoms with Crippen LogP contribution in [0.4, 0.5) is 4.39 Å². The van der Waals surface area contributed by atoms with Crippen LogP contribution in [0.5, 0.6) is 0 Å². The number of carbonyl (C=O) groups excluding carboxylic acids is 1. The van der Waals surface area contributed by atoms with Gasteiger partial charge in [-0.25, -0.2) is 4.39 Å². The van der Waals surface area contributed by atoms with Crippen molar-refractivity contribution in [2.75, 3.05) is 6.54 Å². The Balaban J connectivity index is 2.76. The Morgan fingerprint density at radius 1 is 1.85 bits per heavy atom. The summed E-state index contributed by atoms with van der Waals surface area (Å²) < 4.78 is 13.4. The van der Waals surface area contributed by atoms with Crippen LogP contribution in [0.1, 0.15) is 26.7 Å². The molecule has 0 radical (unpaired) electrons. The number of nitrogens with zero attached hydrogens (tertiary/aromatic N) is 2. The number of hydrogen-bond donors (Lipinski definition) is 0. The molecule has 0 aliphatic carbocycles. The lowest BCUT2D eigenvalue weighted by atomic mass is 10.1. The fourth-order valence-corrected chi connectivity index (χ4v) is 1.62. The molecule has 1 unspecified atom stereocenters. The van der Waals surface area contributed by atoms with E-state index in [1.165, 1.54) is 11.8 Å². The van der Waals surface area contributed by atoms with Crippen molar-refractivity contribution in [1.82, 2.24) is 4.90 Å². The molecule has 0 bridgehead atoms. The van der Waals surface area contributed by atoms with Gasteiger partial charge >= 0.3 is 0 Å². The molecule has 0 spiro atoms. The highest BCUT2D eigenvalue weighted by Gasteiger charge is 2.42. The van der Waals surface area contributed by atoms with Crippen molar-refractivity contribution in [1.29, 1.82) is 5.26 Å². The van der Waals surface area contributed by atoms with Crippen LogP contribution in [0, 0.1) is 11.3 Å².